The molecule has 0 aromatic heterocycles. The molecule has 0 spiro atoms. The molecule has 4 heteroatoms. The fourth-order valence-corrected chi connectivity index (χ4v) is 4.52. The summed E-state index contributed by atoms with van der Waals surface area (Å²) in [6.45, 7) is 4.47. The molecule has 0 saturated carbocycles. The van der Waals surface area contributed by atoms with Gasteiger partial charge in [0.05, 0.1) is 0 Å². The molecule has 1 aliphatic heterocycles. The Morgan fingerprint density at radius 2 is 1.56 bits per heavy atom. The molecular formula is C23H21NO2S. The summed E-state index contributed by atoms with van der Waals surface area (Å²) >= 11 is 1.73. The molecular weight excluding hydrogens is 354 g/mol. The first-order valence-corrected chi connectivity index (χ1v) is 10.1. The third-order valence-electron chi connectivity index (χ3n) is 4.74. The van der Waals surface area contributed by atoms with Crippen LogP contribution in [0.15, 0.2) is 65.6 Å². The third kappa shape index (κ3) is 3.26. The van der Waals surface area contributed by atoms with E-state index < -0.39 is 0 Å². The van der Waals surface area contributed by atoms with Gasteiger partial charge in [-0.2, -0.15) is 0 Å². The normalized spacial score (nSPS) is 13.7. The van der Waals surface area contributed by atoms with Crippen molar-refractivity contribution in [3.05, 3.63) is 77.4 Å². The molecule has 1 heterocycles. The summed E-state index contributed by atoms with van der Waals surface area (Å²) in [5.74, 6) is 0.717. The number of benzene rings is 3. The molecule has 0 atom stereocenters. The summed E-state index contributed by atoms with van der Waals surface area (Å²) in [6, 6.07) is 19.9. The standard InChI is InChI=1S/C23H21NO2S/c1-15(2)13-24-22(25)18-10-6-9-17-20(12-11-19(21(17)18)23(24)26)27-14-16-7-4-3-5-8-16/h3-12,15H,13-14H2,1-2H3. The molecule has 0 unspecified atom stereocenters. The lowest BCUT2D eigenvalue weighted by atomic mass is 9.93. The summed E-state index contributed by atoms with van der Waals surface area (Å²) in [6.07, 6.45) is 0. The predicted octanol–water partition coefficient (Wildman–Crippen LogP) is 5.38. The van der Waals surface area contributed by atoms with E-state index in [9.17, 15) is 9.59 Å². The monoisotopic (exact) mass is 375 g/mol. The minimum atomic E-state index is -0.183. The minimum absolute atomic E-state index is 0.183. The Morgan fingerprint density at radius 3 is 2.26 bits per heavy atom. The van der Waals surface area contributed by atoms with Gasteiger partial charge in [-0.05, 0) is 35.1 Å². The van der Waals surface area contributed by atoms with Crippen LogP contribution >= 0.6 is 11.8 Å². The fourth-order valence-electron chi connectivity index (χ4n) is 3.51. The molecule has 3 aromatic rings. The number of nitrogens with zero attached hydrogens (tertiary/aromatic N) is 1. The Kier molecular flexibility index (Phi) is 4.75. The maximum absolute atomic E-state index is 12.9. The van der Waals surface area contributed by atoms with E-state index in [2.05, 4.69) is 12.1 Å². The van der Waals surface area contributed by atoms with Crippen LogP contribution in [0.2, 0.25) is 0 Å². The van der Waals surface area contributed by atoms with Crippen molar-refractivity contribution in [2.75, 3.05) is 6.54 Å². The Morgan fingerprint density at radius 1 is 0.852 bits per heavy atom. The first-order valence-electron chi connectivity index (χ1n) is 9.15. The summed E-state index contributed by atoms with van der Waals surface area (Å²) in [4.78, 5) is 28.4. The van der Waals surface area contributed by atoms with Gasteiger partial charge in [-0.1, -0.05) is 56.3 Å². The van der Waals surface area contributed by atoms with Crippen molar-refractivity contribution in [3.8, 4) is 0 Å². The fraction of sp³-hybridized carbons (Fsp3) is 0.217. The van der Waals surface area contributed by atoms with E-state index in [-0.39, 0.29) is 17.7 Å². The third-order valence-corrected chi connectivity index (χ3v) is 5.88. The van der Waals surface area contributed by atoms with Crippen molar-refractivity contribution in [2.24, 2.45) is 5.92 Å². The van der Waals surface area contributed by atoms with Crippen LogP contribution in [-0.2, 0) is 5.75 Å². The van der Waals surface area contributed by atoms with Crippen LogP contribution < -0.4 is 0 Å². The summed E-state index contributed by atoms with van der Waals surface area (Å²) in [5, 5.41) is 1.78. The zero-order valence-electron chi connectivity index (χ0n) is 15.4. The quantitative estimate of drug-likeness (QED) is 0.443. The molecule has 0 N–H and O–H groups in total. The van der Waals surface area contributed by atoms with Gasteiger partial charge in [-0.25, -0.2) is 0 Å². The maximum atomic E-state index is 12.9. The van der Waals surface area contributed by atoms with Crippen molar-refractivity contribution in [1.82, 2.24) is 4.90 Å². The second-order valence-electron chi connectivity index (χ2n) is 7.23. The van der Waals surface area contributed by atoms with Crippen molar-refractivity contribution < 1.29 is 9.59 Å². The van der Waals surface area contributed by atoms with E-state index in [1.54, 1.807) is 11.8 Å². The predicted molar refractivity (Wildman–Crippen MR) is 110 cm³/mol. The van der Waals surface area contributed by atoms with Gasteiger partial charge in [-0.15, -0.1) is 11.8 Å². The number of carbonyl (C=O) groups is 2. The van der Waals surface area contributed by atoms with Crippen LogP contribution in [0.5, 0.6) is 0 Å². The van der Waals surface area contributed by atoms with Gasteiger partial charge in [0.25, 0.3) is 11.8 Å². The highest BCUT2D eigenvalue weighted by molar-refractivity contribution is 7.98. The molecule has 0 fully saturated rings. The molecule has 27 heavy (non-hydrogen) atoms. The number of imide groups is 1. The lowest BCUT2D eigenvalue weighted by Gasteiger charge is -2.28. The minimum Gasteiger partial charge on any atom is -0.274 e. The highest BCUT2D eigenvalue weighted by Gasteiger charge is 2.33. The molecule has 4 rings (SSSR count). The summed E-state index contributed by atoms with van der Waals surface area (Å²) in [5.41, 5.74) is 2.51. The lowest BCUT2D eigenvalue weighted by molar-refractivity contribution is 0.0592. The van der Waals surface area contributed by atoms with Gasteiger partial charge in [0.1, 0.15) is 0 Å². The highest BCUT2D eigenvalue weighted by atomic mass is 32.2. The zero-order valence-corrected chi connectivity index (χ0v) is 16.3. The number of hydrogen-bond acceptors (Lipinski definition) is 3. The number of amides is 2. The molecule has 136 valence electrons. The van der Waals surface area contributed by atoms with E-state index >= 15 is 0 Å². The molecule has 0 aliphatic carbocycles. The topological polar surface area (TPSA) is 37.4 Å². The van der Waals surface area contributed by atoms with Crippen LogP contribution in [0.3, 0.4) is 0 Å². The number of thioether (sulfide) groups is 1. The average molecular weight is 375 g/mol. The van der Waals surface area contributed by atoms with Crippen LogP contribution in [-0.4, -0.2) is 23.3 Å². The number of rotatable bonds is 5. The van der Waals surface area contributed by atoms with Crippen molar-refractivity contribution >= 4 is 34.3 Å². The van der Waals surface area contributed by atoms with Gasteiger partial charge in [0.15, 0.2) is 0 Å². The van der Waals surface area contributed by atoms with E-state index in [0.29, 0.717) is 17.7 Å². The molecule has 3 aromatic carbocycles. The first kappa shape index (κ1) is 17.8. The van der Waals surface area contributed by atoms with Gasteiger partial charge >= 0.3 is 0 Å². The van der Waals surface area contributed by atoms with Gasteiger partial charge in [-0.3, -0.25) is 14.5 Å². The Bertz CT molecular complexity index is 1000. The zero-order chi connectivity index (χ0) is 19.0. The molecule has 1 aliphatic rings. The first-order chi connectivity index (χ1) is 13.1. The molecule has 0 saturated heterocycles. The van der Waals surface area contributed by atoms with Crippen molar-refractivity contribution in [1.29, 1.82) is 0 Å². The van der Waals surface area contributed by atoms with Crippen LogP contribution in [0.1, 0.15) is 40.1 Å². The Labute approximate surface area is 163 Å². The molecule has 0 radical (unpaired) electrons. The maximum Gasteiger partial charge on any atom is 0.261 e. The Hall–Kier alpha value is -2.59. The van der Waals surface area contributed by atoms with Gasteiger partial charge < -0.3 is 0 Å². The van der Waals surface area contributed by atoms with Gasteiger partial charge in [0, 0.05) is 33.7 Å². The van der Waals surface area contributed by atoms with Crippen molar-refractivity contribution in [2.45, 2.75) is 24.5 Å². The van der Waals surface area contributed by atoms with E-state index in [1.165, 1.54) is 10.5 Å². The second-order valence-corrected chi connectivity index (χ2v) is 8.25. The van der Waals surface area contributed by atoms with Gasteiger partial charge in [0.2, 0.25) is 0 Å². The average Bonchev–Trinajstić information content (AvgIpc) is 2.68. The molecule has 2 amide bonds. The van der Waals surface area contributed by atoms with E-state index in [4.69, 9.17) is 0 Å². The van der Waals surface area contributed by atoms with E-state index in [0.717, 1.165) is 21.4 Å². The van der Waals surface area contributed by atoms with Crippen LogP contribution in [0.4, 0.5) is 0 Å². The van der Waals surface area contributed by atoms with Crippen LogP contribution in [0.25, 0.3) is 10.8 Å². The number of carbonyl (C=O) groups excluding carboxylic acids is 2. The summed E-state index contributed by atoms with van der Waals surface area (Å²) in [7, 11) is 0. The Balaban J connectivity index is 1.75. The highest BCUT2D eigenvalue weighted by Crippen LogP contribution is 2.37. The molecule has 0 bridgehead atoms. The summed E-state index contributed by atoms with van der Waals surface area (Å²) < 4.78 is 0. The largest absolute Gasteiger partial charge is 0.274 e. The number of hydrogen-bond donors (Lipinski definition) is 0. The van der Waals surface area contributed by atoms with Crippen molar-refractivity contribution in [3.63, 3.8) is 0 Å². The SMILES string of the molecule is CC(C)CN1C(=O)c2cccc3c(SCc4ccccc4)ccc(c23)C1=O. The smallest absolute Gasteiger partial charge is 0.261 e. The lowest BCUT2D eigenvalue weighted by Crippen LogP contribution is -2.42. The van der Waals surface area contributed by atoms with E-state index in [1.807, 2.05) is 62.4 Å². The van der Waals surface area contributed by atoms with Crippen LogP contribution in [0, 0.1) is 5.92 Å². The second kappa shape index (κ2) is 7.20. The molecule has 3 nitrogen and oxygen atoms in total.